The van der Waals surface area contributed by atoms with Gasteiger partial charge < -0.3 is 10.1 Å². The monoisotopic (exact) mass is 272 g/mol. The van der Waals surface area contributed by atoms with Crippen molar-refractivity contribution >= 4 is 17.3 Å². The number of nitro benzene ring substituents is 1. The second-order valence-corrected chi connectivity index (χ2v) is 4.23. The van der Waals surface area contributed by atoms with E-state index in [9.17, 15) is 10.1 Å². The maximum absolute atomic E-state index is 10.5. The van der Waals surface area contributed by atoms with Gasteiger partial charge in [-0.3, -0.25) is 10.1 Å². The van der Waals surface area contributed by atoms with Gasteiger partial charge in [0.2, 0.25) is 0 Å². The Balaban J connectivity index is 2.36. The van der Waals surface area contributed by atoms with Crippen LogP contribution in [0.4, 0.5) is 5.69 Å². The van der Waals surface area contributed by atoms with Crippen LogP contribution < -0.4 is 10.1 Å². The summed E-state index contributed by atoms with van der Waals surface area (Å²) in [5.74, 6) is 0.484. The first-order valence-corrected chi connectivity index (χ1v) is 6.30. The number of non-ortho nitro benzene ring substituents is 1. The van der Waals surface area contributed by atoms with Gasteiger partial charge in [-0.15, -0.1) is 0 Å². The first-order chi connectivity index (χ1) is 8.65. The Morgan fingerprint density at radius 2 is 2.22 bits per heavy atom. The van der Waals surface area contributed by atoms with Crippen LogP contribution in [0.1, 0.15) is 19.8 Å². The number of nitrogens with zero attached hydrogens (tertiary/aromatic N) is 1. The van der Waals surface area contributed by atoms with E-state index >= 15 is 0 Å². The molecule has 1 aromatic rings. The summed E-state index contributed by atoms with van der Waals surface area (Å²) in [5, 5.41) is 14.0. The van der Waals surface area contributed by atoms with Crippen LogP contribution in [-0.2, 0) is 0 Å². The average molecular weight is 273 g/mol. The van der Waals surface area contributed by atoms with E-state index in [-0.39, 0.29) is 10.7 Å². The summed E-state index contributed by atoms with van der Waals surface area (Å²) in [4.78, 5) is 10.0. The van der Waals surface area contributed by atoms with Crippen LogP contribution in [0.3, 0.4) is 0 Å². The fourth-order valence-corrected chi connectivity index (χ4v) is 1.63. The van der Waals surface area contributed by atoms with Gasteiger partial charge in [0.15, 0.2) is 0 Å². The lowest BCUT2D eigenvalue weighted by atomic mass is 10.3. The van der Waals surface area contributed by atoms with Crippen LogP contribution >= 0.6 is 11.6 Å². The molecule has 0 unspecified atom stereocenters. The third-order valence-corrected chi connectivity index (χ3v) is 2.60. The second kappa shape index (κ2) is 7.89. The number of rotatable bonds is 8. The number of ether oxygens (including phenoxy) is 1. The van der Waals surface area contributed by atoms with E-state index in [2.05, 4.69) is 12.2 Å². The van der Waals surface area contributed by atoms with Gasteiger partial charge in [0.25, 0.3) is 5.69 Å². The smallest absolute Gasteiger partial charge is 0.271 e. The number of hydrogen-bond acceptors (Lipinski definition) is 4. The van der Waals surface area contributed by atoms with Gasteiger partial charge in [-0.1, -0.05) is 18.5 Å². The zero-order valence-electron chi connectivity index (χ0n) is 10.3. The molecule has 100 valence electrons. The summed E-state index contributed by atoms with van der Waals surface area (Å²) < 4.78 is 5.46. The third-order valence-electron chi connectivity index (χ3n) is 2.31. The molecule has 0 spiro atoms. The Morgan fingerprint density at radius 1 is 1.44 bits per heavy atom. The third kappa shape index (κ3) is 4.89. The normalized spacial score (nSPS) is 10.3. The van der Waals surface area contributed by atoms with Crippen molar-refractivity contribution in [2.45, 2.75) is 19.8 Å². The molecule has 0 saturated heterocycles. The van der Waals surface area contributed by atoms with E-state index in [1.54, 1.807) is 0 Å². The molecule has 6 heteroatoms. The Labute approximate surface area is 111 Å². The zero-order chi connectivity index (χ0) is 13.4. The summed E-state index contributed by atoms with van der Waals surface area (Å²) in [6, 6.07) is 4.21. The molecule has 0 aliphatic heterocycles. The molecule has 0 radical (unpaired) electrons. The molecule has 1 rings (SSSR count). The van der Waals surface area contributed by atoms with Crippen LogP contribution in [-0.4, -0.2) is 24.6 Å². The molecule has 0 bridgehead atoms. The second-order valence-electron chi connectivity index (χ2n) is 3.82. The number of benzene rings is 1. The van der Waals surface area contributed by atoms with Crippen molar-refractivity contribution < 1.29 is 9.66 Å². The van der Waals surface area contributed by atoms with Crippen molar-refractivity contribution in [2.24, 2.45) is 0 Å². The molecular formula is C12H17ClN2O3. The summed E-state index contributed by atoms with van der Waals surface area (Å²) in [6.07, 6.45) is 1.97. The fraction of sp³-hybridized carbons (Fsp3) is 0.500. The minimum absolute atomic E-state index is 0.0306. The molecule has 1 N–H and O–H groups in total. The lowest BCUT2D eigenvalue weighted by Crippen LogP contribution is -2.18. The van der Waals surface area contributed by atoms with Crippen molar-refractivity contribution in [3.8, 4) is 5.75 Å². The van der Waals surface area contributed by atoms with Crippen molar-refractivity contribution in [2.75, 3.05) is 19.7 Å². The minimum Gasteiger partial charge on any atom is -0.492 e. The van der Waals surface area contributed by atoms with Crippen molar-refractivity contribution in [1.29, 1.82) is 0 Å². The van der Waals surface area contributed by atoms with Crippen LogP contribution in [0.25, 0.3) is 0 Å². The quantitative estimate of drug-likeness (QED) is 0.449. The predicted octanol–water partition coefficient (Wildman–Crippen LogP) is 3.02. The molecule has 0 aliphatic carbocycles. The summed E-state index contributed by atoms with van der Waals surface area (Å²) in [6.45, 7) is 4.53. The maximum atomic E-state index is 10.5. The Hall–Kier alpha value is -1.33. The molecule has 18 heavy (non-hydrogen) atoms. The van der Waals surface area contributed by atoms with E-state index in [1.807, 2.05) is 0 Å². The van der Waals surface area contributed by atoms with E-state index in [1.165, 1.54) is 18.2 Å². The highest BCUT2D eigenvalue weighted by Gasteiger charge is 2.09. The molecule has 0 fully saturated rings. The summed E-state index contributed by atoms with van der Waals surface area (Å²) in [5.41, 5.74) is -0.0306. The molecule has 0 aliphatic rings. The van der Waals surface area contributed by atoms with Gasteiger partial charge in [0.1, 0.15) is 5.75 Å². The Morgan fingerprint density at radius 3 is 2.83 bits per heavy atom. The lowest BCUT2D eigenvalue weighted by Gasteiger charge is -2.08. The van der Waals surface area contributed by atoms with Gasteiger partial charge in [0, 0.05) is 12.1 Å². The Kier molecular flexibility index (Phi) is 6.46. The van der Waals surface area contributed by atoms with Crippen molar-refractivity contribution in [3.05, 3.63) is 33.3 Å². The SMILES string of the molecule is CCCNCCCOc1ccc([N+](=O)[O-])cc1Cl. The number of halogens is 1. The molecule has 1 aromatic carbocycles. The van der Waals surface area contributed by atoms with Crippen LogP contribution in [0, 0.1) is 10.1 Å². The van der Waals surface area contributed by atoms with Gasteiger partial charge in [-0.2, -0.15) is 0 Å². The molecule has 0 atom stereocenters. The van der Waals surface area contributed by atoms with Crippen molar-refractivity contribution in [3.63, 3.8) is 0 Å². The van der Waals surface area contributed by atoms with Crippen LogP contribution in [0.15, 0.2) is 18.2 Å². The highest BCUT2D eigenvalue weighted by atomic mass is 35.5. The lowest BCUT2D eigenvalue weighted by molar-refractivity contribution is -0.384. The van der Waals surface area contributed by atoms with Gasteiger partial charge in [0.05, 0.1) is 16.6 Å². The fourth-order valence-electron chi connectivity index (χ4n) is 1.40. The van der Waals surface area contributed by atoms with Crippen molar-refractivity contribution in [1.82, 2.24) is 5.32 Å². The Bertz CT molecular complexity index is 399. The van der Waals surface area contributed by atoms with Crippen LogP contribution in [0.5, 0.6) is 5.75 Å². The minimum atomic E-state index is -0.482. The molecule has 0 amide bonds. The number of nitrogens with one attached hydrogen (secondary N) is 1. The zero-order valence-corrected chi connectivity index (χ0v) is 11.1. The maximum Gasteiger partial charge on any atom is 0.271 e. The number of nitro groups is 1. The summed E-state index contributed by atoms with van der Waals surface area (Å²) >= 11 is 5.89. The first kappa shape index (κ1) is 14.7. The highest BCUT2D eigenvalue weighted by Crippen LogP contribution is 2.28. The van der Waals surface area contributed by atoms with E-state index in [4.69, 9.17) is 16.3 Å². The number of hydrogen-bond donors (Lipinski definition) is 1. The van der Waals surface area contributed by atoms with E-state index < -0.39 is 4.92 Å². The highest BCUT2D eigenvalue weighted by molar-refractivity contribution is 6.32. The summed E-state index contributed by atoms with van der Waals surface area (Å²) in [7, 11) is 0. The van der Waals surface area contributed by atoms with Gasteiger partial charge in [-0.05, 0) is 32.0 Å². The van der Waals surface area contributed by atoms with Gasteiger partial charge >= 0.3 is 0 Å². The topological polar surface area (TPSA) is 64.4 Å². The van der Waals surface area contributed by atoms with E-state index in [0.717, 1.165) is 25.9 Å². The average Bonchev–Trinajstić information content (AvgIpc) is 2.35. The van der Waals surface area contributed by atoms with Gasteiger partial charge in [-0.25, -0.2) is 0 Å². The van der Waals surface area contributed by atoms with Crippen LogP contribution in [0.2, 0.25) is 5.02 Å². The molecule has 0 aromatic heterocycles. The molecule has 0 heterocycles. The largest absolute Gasteiger partial charge is 0.492 e. The molecular weight excluding hydrogens is 256 g/mol. The first-order valence-electron chi connectivity index (χ1n) is 5.92. The standard InChI is InChI=1S/C12H17ClN2O3/c1-2-6-14-7-3-8-18-12-5-4-10(15(16)17)9-11(12)13/h4-5,9,14H,2-3,6-8H2,1H3. The predicted molar refractivity (Wildman–Crippen MR) is 71.4 cm³/mol. The molecule has 0 saturated carbocycles. The van der Waals surface area contributed by atoms with E-state index in [0.29, 0.717) is 12.4 Å². The molecule has 5 nitrogen and oxygen atoms in total.